The standard InChI is InChI=1S/C41H61N9O11/c1-5-23(4)35(50-39(58)31(20-32(44)53)45-33(54)21-43)40(59)48-30(19-25-11-15-27(52)16-12-25)38(57)47-29(18-24-9-13-26(51)14-10-24)37(56)46-28(8-6-7-17-42)36(55)49-34(22(2)3)41(60)61/h9-16,22-23,28-31,34-35,51-52H,5-8,17-21,42-43H2,1-4H3,(H2,44,53)(H,45,54)(H,46,56)(H,47,57)(H,48,59)(H,49,55)(H,50,58)(H,60,61)/t23-,28-,29-,30-,31-,34-,35-/m0/s1. The number of phenols is 2. The molecule has 0 aliphatic rings. The Kier molecular flexibility index (Phi) is 21.2. The molecule has 61 heavy (non-hydrogen) atoms. The second-order valence-electron chi connectivity index (χ2n) is 15.1. The lowest BCUT2D eigenvalue weighted by atomic mass is 9.96. The number of carbonyl (C=O) groups excluding carboxylic acids is 7. The van der Waals surface area contributed by atoms with E-state index in [9.17, 15) is 53.7 Å². The minimum atomic E-state index is -1.47. The number of primary amides is 1. The zero-order valence-corrected chi connectivity index (χ0v) is 34.9. The van der Waals surface area contributed by atoms with Crippen LogP contribution in [0.5, 0.6) is 11.5 Å². The Morgan fingerprint density at radius 1 is 0.590 bits per heavy atom. The van der Waals surface area contributed by atoms with Crippen LogP contribution in [-0.2, 0) is 51.2 Å². The number of carboxylic acid groups (broad SMARTS) is 1. The largest absolute Gasteiger partial charge is 0.508 e. The fraction of sp³-hybridized carbons (Fsp3) is 0.512. The molecule has 2 aromatic carbocycles. The van der Waals surface area contributed by atoms with Crippen molar-refractivity contribution in [3.05, 3.63) is 59.7 Å². The SMILES string of the molecule is CC[C@H](C)[C@H](NC(=O)[C@H](CC(N)=O)NC(=O)CN)C(=O)N[C@@H](Cc1ccc(O)cc1)C(=O)N[C@@H](Cc1ccc(O)cc1)C(=O)N[C@@H](CCCCN)C(=O)N[C@H](C(=O)O)C(C)C. The van der Waals surface area contributed by atoms with Gasteiger partial charge < -0.3 is 64.4 Å². The van der Waals surface area contributed by atoms with Crippen LogP contribution in [0.1, 0.15) is 70.9 Å². The maximum atomic E-state index is 14.4. The van der Waals surface area contributed by atoms with Crippen molar-refractivity contribution in [2.24, 2.45) is 29.0 Å². The number of aliphatic carboxylic acids is 1. The molecule has 0 saturated heterocycles. The van der Waals surface area contributed by atoms with Gasteiger partial charge in [0.1, 0.15) is 47.8 Å². The summed E-state index contributed by atoms with van der Waals surface area (Å²) in [5.74, 6) is -8.35. The molecule has 336 valence electrons. The molecular formula is C41H61N9O11. The van der Waals surface area contributed by atoms with Crippen LogP contribution in [0.15, 0.2) is 48.5 Å². The summed E-state index contributed by atoms with van der Waals surface area (Å²) in [6.07, 6.45) is 0.362. The van der Waals surface area contributed by atoms with E-state index in [4.69, 9.17) is 17.2 Å². The topological polar surface area (TPSA) is 347 Å². The molecule has 15 N–H and O–H groups in total. The van der Waals surface area contributed by atoms with Gasteiger partial charge in [0.25, 0.3) is 0 Å². The van der Waals surface area contributed by atoms with Crippen molar-refractivity contribution in [2.75, 3.05) is 13.1 Å². The summed E-state index contributed by atoms with van der Waals surface area (Å²) in [5, 5.41) is 44.8. The van der Waals surface area contributed by atoms with Crippen LogP contribution in [0, 0.1) is 11.8 Å². The molecule has 0 aliphatic heterocycles. The third-order valence-electron chi connectivity index (χ3n) is 9.86. The summed E-state index contributed by atoms with van der Waals surface area (Å²) >= 11 is 0. The lowest BCUT2D eigenvalue weighted by molar-refractivity contribution is -0.143. The third-order valence-corrected chi connectivity index (χ3v) is 9.86. The molecule has 0 fully saturated rings. The van der Waals surface area contributed by atoms with Crippen LogP contribution in [0.25, 0.3) is 0 Å². The van der Waals surface area contributed by atoms with E-state index in [1.165, 1.54) is 48.5 Å². The van der Waals surface area contributed by atoms with Crippen molar-refractivity contribution in [3.63, 3.8) is 0 Å². The molecule has 0 radical (unpaired) electrons. The van der Waals surface area contributed by atoms with Crippen molar-refractivity contribution in [1.82, 2.24) is 31.9 Å². The molecule has 0 bridgehead atoms. The van der Waals surface area contributed by atoms with Gasteiger partial charge in [-0.15, -0.1) is 0 Å². The zero-order chi connectivity index (χ0) is 45.8. The van der Waals surface area contributed by atoms with Gasteiger partial charge in [-0.2, -0.15) is 0 Å². The minimum Gasteiger partial charge on any atom is -0.508 e. The minimum absolute atomic E-state index is 0.0640. The molecule has 0 saturated carbocycles. The van der Waals surface area contributed by atoms with E-state index in [0.717, 1.165) is 0 Å². The molecule has 7 atom stereocenters. The first-order valence-corrected chi connectivity index (χ1v) is 20.1. The van der Waals surface area contributed by atoms with Gasteiger partial charge in [-0.25, -0.2) is 4.79 Å². The maximum Gasteiger partial charge on any atom is 0.326 e. The first-order valence-electron chi connectivity index (χ1n) is 20.1. The number of amides is 7. The Morgan fingerprint density at radius 3 is 1.46 bits per heavy atom. The quantitative estimate of drug-likeness (QED) is 0.0482. The summed E-state index contributed by atoms with van der Waals surface area (Å²) in [7, 11) is 0. The Labute approximate surface area is 354 Å². The van der Waals surface area contributed by atoms with Gasteiger partial charge in [0.2, 0.25) is 41.4 Å². The number of nitrogens with two attached hydrogens (primary N) is 3. The molecule has 0 aromatic heterocycles. The number of hydrogen-bond donors (Lipinski definition) is 12. The first kappa shape index (κ1) is 50.9. The molecule has 20 nitrogen and oxygen atoms in total. The highest BCUT2D eigenvalue weighted by Gasteiger charge is 2.35. The molecular weight excluding hydrogens is 795 g/mol. The van der Waals surface area contributed by atoms with Gasteiger partial charge in [-0.3, -0.25) is 33.6 Å². The fourth-order valence-electron chi connectivity index (χ4n) is 6.11. The Bertz CT molecular complexity index is 1810. The van der Waals surface area contributed by atoms with Gasteiger partial charge in [-0.1, -0.05) is 58.4 Å². The summed E-state index contributed by atoms with van der Waals surface area (Å²) in [6.45, 7) is 6.42. The van der Waals surface area contributed by atoms with Crippen LogP contribution in [0.2, 0.25) is 0 Å². The lowest BCUT2D eigenvalue weighted by Crippen LogP contribution is -2.61. The smallest absolute Gasteiger partial charge is 0.326 e. The first-order chi connectivity index (χ1) is 28.8. The van der Waals surface area contributed by atoms with Crippen LogP contribution in [-0.4, -0.2) is 112 Å². The number of phenolic OH excluding ortho intramolecular Hbond substituents is 2. The monoisotopic (exact) mass is 855 g/mol. The predicted molar refractivity (Wildman–Crippen MR) is 223 cm³/mol. The van der Waals surface area contributed by atoms with Gasteiger partial charge in [0.05, 0.1) is 13.0 Å². The number of aromatic hydroxyl groups is 2. The molecule has 2 rings (SSSR count). The molecule has 0 heterocycles. The Morgan fingerprint density at radius 2 is 1.03 bits per heavy atom. The molecule has 0 aliphatic carbocycles. The normalized spacial score (nSPS) is 14.5. The highest BCUT2D eigenvalue weighted by atomic mass is 16.4. The third kappa shape index (κ3) is 17.5. The lowest BCUT2D eigenvalue weighted by Gasteiger charge is -2.29. The van der Waals surface area contributed by atoms with Crippen LogP contribution in [0.3, 0.4) is 0 Å². The summed E-state index contributed by atoms with van der Waals surface area (Å²) < 4.78 is 0. The number of carboxylic acids is 1. The van der Waals surface area contributed by atoms with Crippen molar-refractivity contribution in [2.45, 2.75) is 109 Å². The Hall–Kier alpha value is -6.28. The van der Waals surface area contributed by atoms with Crippen LogP contribution in [0.4, 0.5) is 0 Å². The molecule has 2 aromatic rings. The number of hydrogen-bond acceptors (Lipinski definition) is 12. The number of benzene rings is 2. The van der Waals surface area contributed by atoms with Gasteiger partial charge in [0, 0.05) is 12.8 Å². The highest BCUT2D eigenvalue weighted by molar-refractivity contribution is 5.98. The number of carbonyl (C=O) groups is 8. The van der Waals surface area contributed by atoms with E-state index >= 15 is 0 Å². The van der Waals surface area contributed by atoms with Gasteiger partial charge in [0.15, 0.2) is 0 Å². The van der Waals surface area contributed by atoms with E-state index in [1.54, 1.807) is 27.7 Å². The maximum absolute atomic E-state index is 14.4. The summed E-state index contributed by atoms with van der Waals surface area (Å²) in [4.78, 5) is 105. The summed E-state index contributed by atoms with van der Waals surface area (Å²) in [6, 6.07) is 3.42. The van der Waals surface area contributed by atoms with Crippen LogP contribution >= 0.6 is 0 Å². The number of rotatable bonds is 26. The van der Waals surface area contributed by atoms with Crippen LogP contribution < -0.4 is 49.1 Å². The van der Waals surface area contributed by atoms with Crippen molar-refractivity contribution in [3.8, 4) is 11.5 Å². The Balaban J connectivity index is 2.55. The zero-order valence-electron chi connectivity index (χ0n) is 34.9. The van der Waals surface area contributed by atoms with E-state index < -0.39 is 108 Å². The molecule has 7 amide bonds. The number of nitrogens with one attached hydrogen (secondary N) is 6. The average molecular weight is 856 g/mol. The van der Waals surface area contributed by atoms with E-state index in [1.807, 2.05) is 0 Å². The van der Waals surface area contributed by atoms with Gasteiger partial charge >= 0.3 is 5.97 Å². The number of unbranched alkanes of at least 4 members (excludes halogenated alkanes) is 1. The van der Waals surface area contributed by atoms with E-state index in [2.05, 4.69) is 31.9 Å². The highest BCUT2D eigenvalue weighted by Crippen LogP contribution is 2.16. The molecule has 0 unspecified atom stereocenters. The fourth-order valence-corrected chi connectivity index (χ4v) is 6.11. The van der Waals surface area contributed by atoms with E-state index in [0.29, 0.717) is 36.9 Å². The van der Waals surface area contributed by atoms with Crippen molar-refractivity contribution in [1.29, 1.82) is 0 Å². The second-order valence-corrected chi connectivity index (χ2v) is 15.1. The predicted octanol–water partition coefficient (Wildman–Crippen LogP) is -1.46. The second kappa shape index (κ2) is 25.4. The molecule has 0 spiro atoms. The average Bonchev–Trinajstić information content (AvgIpc) is 3.21. The van der Waals surface area contributed by atoms with E-state index in [-0.39, 0.29) is 30.8 Å². The van der Waals surface area contributed by atoms with Crippen molar-refractivity contribution < 1.29 is 53.7 Å². The van der Waals surface area contributed by atoms with Gasteiger partial charge in [-0.05, 0) is 73.0 Å². The van der Waals surface area contributed by atoms with Crippen molar-refractivity contribution >= 4 is 47.3 Å². The molecule has 20 heteroatoms. The summed E-state index contributed by atoms with van der Waals surface area (Å²) in [5.41, 5.74) is 17.3.